The van der Waals surface area contributed by atoms with Gasteiger partial charge in [0.15, 0.2) is 0 Å². The Bertz CT molecular complexity index is 649. The summed E-state index contributed by atoms with van der Waals surface area (Å²) in [5.41, 5.74) is 0.0926. The molecule has 7 atom stereocenters. The lowest BCUT2D eigenvalue weighted by Crippen LogP contribution is -2.63. The summed E-state index contributed by atoms with van der Waals surface area (Å²) in [5, 5.41) is 35.9. The molecule has 0 aromatic heterocycles. The van der Waals surface area contributed by atoms with E-state index in [9.17, 15) is 24.9 Å². The summed E-state index contributed by atoms with van der Waals surface area (Å²) in [6.45, 7) is 5.27. The molecule has 3 heterocycles. The Balaban J connectivity index is 1.73. The van der Waals surface area contributed by atoms with Gasteiger partial charge in [0.05, 0.1) is 18.1 Å². The molecule has 3 aliphatic rings. The topological polar surface area (TPSA) is 122 Å². The Kier molecular flexibility index (Phi) is 6.71. The fraction of sp³-hybridized carbons (Fsp3) is 0.789. The number of carboxylic acids is 1. The summed E-state index contributed by atoms with van der Waals surface area (Å²) in [5.74, 6) is -1.68. The summed E-state index contributed by atoms with van der Waals surface area (Å²) in [7, 11) is 1.90. The Hall–Kier alpha value is -1.13. The largest absolute Gasteiger partial charge is 0.477 e. The molecular formula is C19H31N3O5S. The zero-order chi connectivity index (χ0) is 20.6. The van der Waals surface area contributed by atoms with Crippen molar-refractivity contribution in [1.29, 1.82) is 0 Å². The number of carboxylic acid groups (broad SMARTS) is 1. The number of thioether (sulfide) groups is 1. The highest BCUT2D eigenvalue weighted by atomic mass is 32.2. The third kappa shape index (κ3) is 3.70. The Morgan fingerprint density at radius 3 is 2.75 bits per heavy atom. The van der Waals surface area contributed by atoms with Gasteiger partial charge in [0, 0.05) is 35.3 Å². The Labute approximate surface area is 169 Å². The number of aliphatic hydroxyl groups excluding tert-OH is 2. The molecule has 1 unspecified atom stereocenters. The van der Waals surface area contributed by atoms with Crippen molar-refractivity contribution >= 4 is 23.6 Å². The van der Waals surface area contributed by atoms with Crippen LogP contribution in [0.2, 0.25) is 0 Å². The van der Waals surface area contributed by atoms with Gasteiger partial charge in [-0.05, 0) is 39.3 Å². The molecule has 0 radical (unpaired) electrons. The van der Waals surface area contributed by atoms with Crippen molar-refractivity contribution in [3.05, 3.63) is 10.6 Å². The zero-order valence-electron chi connectivity index (χ0n) is 16.6. The monoisotopic (exact) mass is 413 g/mol. The van der Waals surface area contributed by atoms with Gasteiger partial charge in [0.1, 0.15) is 5.70 Å². The third-order valence-electron chi connectivity index (χ3n) is 6.26. The van der Waals surface area contributed by atoms with Gasteiger partial charge in [-0.25, -0.2) is 4.79 Å². The number of carbonyl (C=O) groups is 2. The second kappa shape index (κ2) is 8.71. The molecule has 8 nitrogen and oxygen atoms in total. The number of fused-ring (bicyclic) bond motifs is 1. The summed E-state index contributed by atoms with van der Waals surface area (Å²) in [6.07, 6.45) is 0.822. The van der Waals surface area contributed by atoms with Crippen molar-refractivity contribution in [2.75, 3.05) is 26.7 Å². The predicted molar refractivity (Wildman–Crippen MR) is 107 cm³/mol. The van der Waals surface area contributed by atoms with Crippen LogP contribution in [0.4, 0.5) is 0 Å². The highest BCUT2D eigenvalue weighted by Gasteiger charge is 2.60. The second-order valence-corrected chi connectivity index (χ2v) is 9.43. The quantitative estimate of drug-likeness (QED) is 0.330. The number of nitrogens with one attached hydrogen (secondary N) is 2. The first-order valence-corrected chi connectivity index (χ1v) is 10.8. The fourth-order valence-corrected chi connectivity index (χ4v) is 6.41. The highest BCUT2D eigenvalue weighted by molar-refractivity contribution is 8.03. The molecule has 0 aromatic carbocycles. The van der Waals surface area contributed by atoms with E-state index in [1.54, 1.807) is 18.7 Å². The van der Waals surface area contributed by atoms with Crippen LogP contribution in [0.1, 0.15) is 26.7 Å². The number of aliphatic hydroxyl groups is 2. The van der Waals surface area contributed by atoms with Crippen molar-refractivity contribution in [1.82, 2.24) is 15.5 Å². The normalized spacial score (nSPS) is 34.4. The van der Waals surface area contributed by atoms with Gasteiger partial charge in [0.25, 0.3) is 0 Å². The van der Waals surface area contributed by atoms with Crippen LogP contribution in [0, 0.1) is 17.8 Å². The van der Waals surface area contributed by atoms with Crippen LogP contribution < -0.4 is 10.6 Å². The van der Waals surface area contributed by atoms with E-state index in [1.807, 2.05) is 14.0 Å². The second-order valence-electron chi connectivity index (χ2n) is 8.09. The van der Waals surface area contributed by atoms with E-state index in [2.05, 4.69) is 10.6 Å². The van der Waals surface area contributed by atoms with E-state index in [0.29, 0.717) is 5.92 Å². The van der Waals surface area contributed by atoms with E-state index in [0.717, 1.165) is 30.8 Å². The van der Waals surface area contributed by atoms with Crippen molar-refractivity contribution in [3.63, 3.8) is 0 Å². The molecule has 0 aliphatic carbocycles. The van der Waals surface area contributed by atoms with E-state index < -0.39 is 18.0 Å². The number of rotatable bonds is 9. The maximum atomic E-state index is 12.4. The van der Waals surface area contributed by atoms with Crippen molar-refractivity contribution in [2.45, 2.75) is 50.1 Å². The number of carbonyl (C=O) groups excluding carboxylic acids is 1. The lowest BCUT2D eigenvalue weighted by molar-refractivity contribution is -0.163. The van der Waals surface area contributed by atoms with Crippen LogP contribution in [-0.4, -0.2) is 82.3 Å². The molecule has 3 aliphatic heterocycles. The summed E-state index contributed by atoms with van der Waals surface area (Å²) < 4.78 is 0. The molecule has 0 bridgehead atoms. The highest BCUT2D eigenvalue weighted by Crippen LogP contribution is 2.51. The van der Waals surface area contributed by atoms with E-state index in [4.69, 9.17) is 0 Å². The molecule has 0 spiro atoms. The molecular weight excluding hydrogens is 382 g/mol. The predicted octanol–water partition coefficient (Wildman–Crippen LogP) is -0.178. The fourth-order valence-electron chi connectivity index (χ4n) is 4.91. The van der Waals surface area contributed by atoms with Crippen LogP contribution in [-0.2, 0) is 9.59 Å². The van der Waals surface area contributed by atoms with Crippen molar-refractivity contribution in [2.24, 2.45) is 17.8 Å². The zero-order valence-corrected chi connectivity index (χ0v) is 17.4. The van der Waals surface area contributed by atoms with Crippen molar-refractivity contribution in [3.8, 4) is 0 Å². The molecule has 28 heavy (non-hydrogen) atoms. The van der Waals surface area contributed by atoms with Crippen LogP contribution in [0.3, 0.4) is 0 Å². The van der Waals surface area contributed by atoms with Gasteiger partial charge >= 0.3 is 5.97 Å². The number of aliphatic carboxylic acids is 1. The average Bonchev–Trinajstić information content (AvgIpc) is 3.17. The van der Waals surface area contributed by atoms with Gasteiger partial charge < -0.3 is 30.9 Å². The van der Waals surface area contributed by atoms with Crippen LogP contribution in [0.25, 0.3) is 0 Å². The standard InChI is InChI=1S/C19H31N3O5S/c1-9-15-14(10(2)24)18(25)22(15)16(19(26)27)17(9)28-12-6-13(21-8-12)11(4-5-23)7-20-3/h9-15,20-21,23-24H,4-8H2,1-3H3,(H,26,27)/t9-,10-,11?,12+,13+,14-,15-/m1/s1. The van der Waals surface area contributed by atoms with Crippen LogP contribution in [0.5, 0.6) is 0 Å². The lowest BCUT2D eigenvalue weighted by atomic mass is 9.79. The molecule has 3 rings (SSSR count). The minimum absolute atomic E-state index is 0.0926. The van der Waals surface area contributed by atoms with Crippen molar-refractivity contribution < 1.29 is 24.9 Å². The molecule has 0 saturated carbocycles. The first-order chi connectivity index (χ1) is 13.3. The third-order valence-corrected chi connectivity index (χ3v) is 7.78. The van der Waals surface area contributed by atoms with E-state index >= 15 is 0 Å². The van der Waals surface area contributed by atoms with E-state index in [-0.39, 0.29) is 41.5 Å². The first kappa shape index (κ1) is 21.6. The first-order valence-electron chi connectivity index (χ1n) is 9.95. The number of amides is 1. The Morgan fingerprint density at radius 1 is 1.46 bits per heavy atom. The summed E-state index contributed by atoms with van der Waals surface area (Å²) >= 11 is 1.56. The van der Waals surface area contributed by atoms with Gasteiger partial charge in [-0.1, -0.05) is 6.92 Å². The number of hydrogen-bond donors (Lipinski definition) is 5. The maximum Gasteiger partial charge on any atom is 0.353 e. The summed E-state index contributed by atoms with van der Waals surface area (Å²) in [6, 6.07) is 0.00393. The molecule has 2 saturated heterocycles. The minimum atomic E-state index is -1.08. The molecule has 2 fully saturated rings. The van der Waals surface area contributed by atoms with Crippen LogP contribution >= 0.6 is 11.8 Å². The summed E-state index contributed by atoms with van der Waals surface area (Å²) in [4.78, 5) is 26.5. The number of hydrogen-bond acceptors (Lipinski definition) is 7. The number of β-lactam (4-membered cyclic amide) rings is 1. The van der Waals surface area contributed by atoms with Gasteiger partial charge in [-0.2, -0.15) is 0 Å². The SMILES string of the molecule is CNCC(CCO)[C@@H]1C[C@H](SC2=C(C(=O)O)N3C(=O)[C@H]([C@@H](C)O)[C@H]3[C@H]2C)CN1. The van der Waals surface area contributed by atoms with Gasteiger partial charge in [-0.15, -0.1) is 11.8 Å². The van der Waals surface area contributed by atoms with Gasteiger partial charge in [-0.3, -0.25) is 4.79 Å². The number of nitrogens with zero attached hydrogens (tertiary/aromatic N) is 1. The maximum absolute atomic E-state index is 12.4. The molecule has 9 heteroatoms. The molecule has 158 valence electrons. The van der Waals surface area contributed by atoms with E-state index in [1.165, 1.54) is 4.90 Å². The van der Waals surface area contributed by atoms with Gasteiger partial charge in [0.2, 0.25) is 5.91 Å². The molecule has 5 N–H and O–H groups in total. The smallest absolute Gasteiger partial charge is 0.353 e. The average molecular weight is 414 g/mol. The molecule has 1 amide bonds. The lowest BCUT2D eigenvalue weighted by Gasteiger charge is -2.46. The Morgan fingerprint density at radius 2 is 2.18 bits per heavy atom. The molecule has 0 aromatic rings. The van der Waals surface area contributed by atoms with Crippen LogP contribution in [0.15, 0.2) is 10.6 Å². The minimum Gasteiger partial charge on any atom is -0.477 e.